The fourth-order valence-corrected chi connectivity index (χ4v) is 6.29. The average Bonchev–Trinajstić information content (AvgIpc) is 3.55. The number of rotatable bonds is 7. The van der Waals surface area contributed by atoms with Gasteiger partial charge in [-0.1, -0.05) is 54.5 Å². The molecule has 5 nitrogen and oxygen atoms in total. The Morgan fingerprint density at radius 2 is 1.87 bits per heavy atom. The molecule has 0 bridgehead atoms. The molecule has 2 aromatic heterocycles. The number of hydrogen-bond acceptors (Lipinski definition) is 3. The van der Waals surface area contributed by atoms with Crippen molar-refractivity contribution in [2.24, 2.45) is 5.92 Å². The van der Waals surface area contributed by atoms with E-state index in [9.17, 15) is 9.18 Å². The van der Waals surface area contributed by atoms with Crippen molar-refractivity contribution in [2.45, 2.75) is 51.0 Å². The summed E-state index contributed by atoms with van der Waals surface area (Å²) in [6, 6.07) is 22.4. The van der Waals surface area contributed by atoms with Crippen molar-refractivity contribution in [3.63, 3.8) is 0 Å². The number of amides is 1. The molecule has 6 heteroatoms. The molecule has 38 heavy (non-hydrogen) atoms. The summed E-state index contributed by atoms with van der Waals surface area (Å²) < 4.78 is 15.5. The van der Waals surface area contributed by atoms with Crippen LogP contribution in [0, 0.1) is 11.7 Å². The first-order valence-electron chi connectivity index (χ1n) is 13.4. The highest BCUT2D eigenvalue weighted by Gasteiger charge is 2.37. The Hall–Kier alpha value is -4.06. The fourth-order valence-electron chi connectivity index (χ4n) is 6.29. The maximum atomic E-state index is 13.5. The van der Waals surface area contributed by atoms with Crippen LogP contribution in [-0.2, 0) is 17.6 Å². The Balaban J connectivity index is 1.23. The third kappa shape index (κ3) is 4.78. The molecule has 1 N–H and O–H groups in total. The van der Waals surface area contributed by atoms with E-state index in [0.29, 0.717) is 5.92 Å². The predicted molar refractivity (Wildman–Crippen MR) is 145 cm³/mol. The van der Waals surface area contributed by atoms with Gasteiger partial charge in [-0.25, -0.2) is 9.07 Å². The number of halogens is 1. The van der Waals surface area contributed by atoms with Gasteiger partial charge < -0.3 is 5.32 Å². The number of fused-ring (bicyclic) bond motifs is 1. The lowest BCUT2D eigenvalue weighted by molar-refractivity contribution is -0.121. The van der Waals surface area contributed by atoms with Crippen molar-refractivity contribution in [3.05, 3.63) is 125 Å². The minimum absolute atomic E-state index is 0.00990. The highest BCUT2D eigenvalue weighted by atomic mass is 19.1. The maximum absolute atomic E-state index is 13.5. The Morgan fingerprint density at radius 1 is 1.08 bits per heavy atom. The molecule has 2 aromatic carbocycles. The first kappa shape index (κ1) is 24.3. The fraction of sp³-hybridized carbons (Fsp3) is 0.281. The molecule has 1 unspecified atom stereocenters. The van der Waals surface area contributed by atoms with Gasteiger partial charge in [0.2, 0.25) is 5.91 Å². The van der Waals surface area contributed by atoms with Gasteiger partial charge >= 0.3 is 0 Å². The Morgan fingerprint density at radius 3 is 2.63 bits per heavy atom. The van der Waals surface area contributed by atoms with Crippen LogP contribution in [0.15, 0.2) is 96.3 Å². The molecule has 0 spiro atoms. The molecule has 2 aliphatic rings. The van der Waals surface area contributed by atoms with Gasteiger partial charge in [0.25, 0.3) is 0 Å². The van der Waals surface area contributed by atoms with Crippen LogP contribution in [0.2, 0.25) is 0 Å². The molecular formula is C32H31FN4O. The monoisotopic (exact) mass is 506 g/mol. The highest BCUT2D eigenvalue weighted by Crippen LogP contribution is 2.49. The second-order valence-corrected chi connectivity index (χ2v) is 10.4. The molecule has 2 aliphatic carbocycles. The molecule has 1 amide bonds. The van der Waals surface area contributed by atoms with Crippen molar-refractivity contribution in [1.29, 1.82) is 0 Å². The molecule has 192 valence electrons. The highest BCUT2D eigenvalue weighted by molar-refractivity contribution is 5.78. The Labute approximate surface area is 222 Å². The van der Waals surface area contributed by atoms with Crippen LogP contribution in [0.1, 0.15) is 60.7 Å². The van der Waals surface area contributed by atoms with E-state index >= 15 is 0 Å². The van der Waals surface area contributed by atoms with Crippen LogP contribution >= 0.6 is 0 Å². The van der Waals surface area contributed by atoms with Crippen LogP contribution in [-0.4, -0.2) is 20.7 Å². The van der Waals surface area contributed by atoms with Gasteiger partial charge in [-0.3, -0.25) is 9.78 Å². The van der Waals surface area contributed by atoms with Crippen molar-refractivity contribution < 1.29 is 9.18 Å². The third-order valence-electron chi connectivity index (χ3n) is 8.05. The summed E-state index contributed by atoms with van der Waals surface area (Å²) in [5.41, 5.74) is 8.24. The molecule has 0 fully saturated rings. The van der Waals surface area contributed by atoms with Crippen molar-refractivity contribution >= 4 is 5.91 Å². The maximum Gasteiger partial charge on any atom is 0.226 e. The Kier molecular flexibility index (Phi) is 6.62. The zero-order valence-corrected chi connectivity index (χ0v) is 21.5. The van der Waals surface area contributed by atoms with Crippen LogP contribution in [0.4, 0.5) is 4.39 Å². The average molecular weight is 507 g/mol. The van der Waals surface area contributed by atoms with Gasteiger partial charge in [-0.15, -0.1) is 0 Å². The minimum Gasteiger partial charge on any atom is -0.349 e. The molecule has 3 atom stereocenters. The smallest absolute Gasteiger partial charge is 0.226 e. The van der Waals surface area contributed by atoms with Gasteiger partial charge in [-0.2, -0.15) is 5.10 Å². The van der Waals surface area contributed by atoms with E-state index in [-0.39, 0.29) is 30.1 Å². The molecule has 6 rings (SSSR count). The number of nitrogens with zero attached hydrogens (tertiary/aromatic N) is 3. The summed E-state index contributed by atoms with van der Waals surface area (Å²) in [6.07, 6.45) is 7.84. The van der Waals surface area contributed by atoms with Crippen LogP contribution in [0.3, 0.4) is 0 Å². The van der Waals surface area contributed by atoms with Crippen molar-refractivity contribution in [2.75, 3.05) is 0 Å². The molecule has 0 saturated carbocycles. The molecule has 0 aliphatic heterocycles. The minimum atomic E-state index is -0.244. The van der Waals surface area contributed by atoms with Gasteiger partial charge in [0.15, 0.2) is 0 Å². The molecule has 0 saturated heterocycles. The summed E-state index contributed by atoms with van der Waals surface area (Å²) in [4.78, 5) is 17.4. The van der Waals surface area contributed by atoms with E-state index < -0.39 is 0 Å². The normalized spacial score (nSPS) is 19.1. The van der Waals surface area contributed by atoms with Gasteiger partial charge in [0.05, 0.1) is 30.0 Å². The van der Waals surface area contributed by atoms with E-state index in [1.54, 1.807) is 18.3 Å². The number of pyridine rings is 1. The summed E-state index contributed by atoms with van der Waals surface area (Å²) >= 11 is 0. The summed E-state index contributed by atoms with van der Waals surface area (Å²) in [6.45, 7) is 2.28. The summed E-state index contributed by atoms with van der Waals surface area (Å²) in [5, 5.41) is 8.01. The number of nitrogens with one attached hydrogen (secondary N) is 1. The van der Waals surface area contributed by atoms with Crippen LogP contribution in [0.25, 0.3) is 5.69 Å². The topological polar surface area (TPSA) is 59.8 Å². The lowest BCUT2D eigenvalue weighted by Crippen LogP contribution is -2.32. The standard InChI is InChI=1S/C32H31FN4O/c1-21-28-20-35-37(27-14-12-25(33)13-15-27)30(28)18-24-11-10-23(32(21)24)17-29(22-7-3-2-4-8-22)36-31(38)19-26-9-5-6-16-34-26/h2-9,12-16,20-21,23,29H,10-11,17-19H2,1H3,(H,36,38)/t21-,23+,29?/m0/s1. The first-order valence-corrected chi connectivity index (χ1v) is 13.4. The molecule has 2 heterocycles. The number of hydrogen-bond donors (Lipinski definition) is 1. The lowest BCUT2D eigenvalue weighted by atomic mass is 9.77. The molecule has 0 radical (unpaired) electrons. The summed E-state index contributed by atoms with van der Waals surface area (Å²) in [5.74, 6) is 0.398. The Bertz CT molecular complexity index is 1460. The van der Waals surface area contributed by atoms with Crippen LogP contribution < -0.4 is 5.32 Å². The second kappa shape index (κ2) is 10.4. The van der Waals surface area contributed by atoms with Crippen molar-refractivity contribution in [3.8, 4) is 5.69 Å². The largest absolute Gasteiger partial charge is 0.349 e. The lowest BCUT2D eigenvalue weighted by Gasteiger charge is -2.30. The van der Waals surface area contributed by atoms with E-state index in [1.807, 2.05) is 47.3 Å². The quantitative estimate of drug-likeness (QED) is 0.301. The summed E-state index contributed by atoms with van der Waals surface area (Å²) in [7, 11) is 0. The van der Waals surface area contributed by atoms with E-state index in [0.717, 1.165) is 42.6 Å². The van der Waals surface area contributed by atoms with Crippen LogP contribution in [0.5, 0.6) is 0 Å². The van der Waals surface area contributed by atoms with E-state index in [4.69, 9.17) is 5.10 Å². The zero-order chi connectivity index (χ0) is 26.1. The number of carbonyl (C=O) groups is 1. The first-order chi connectivity index (χ1) is 18.6. The molecule has 4 aromatic rings. The number of aromatic nitrogens is 3. The van der Waals surface area contributed by atoms with E-state index in [1.165, 1.54) is 34.5 Å². The third-order valence-corrected chi connectivity index (χ3v) is 8.05. The SMILES string of the molecule is C[C@@H]1C2=C(CC[C@@H]2CC(NC(=O)Cc2ccccn2)c2ccccc2)Cc2c1cnn2-c1ccc(F)cc1. The number of carbonyl (C=O) groups excluding carboxylic acids is 1. The zero-order valence-electron chi connectivity index (χ0n) is 21.5. The van der Waals surface area contributed by atoms with E-state index in [2.05, 4.69) is 29.4 Å². The number of benzene rings is 2. The van der Waals surface area contributed by atoms with Gasteiger partial charge in [-0.05, 0) is 67.1 Å². The second-order valence-electron chi connectivity index (χ2n) is 10.4. The molecular weight excluding hydrogens is 475 g/mol. The number of allylic oxidation sites excluding steroid dienone is 2. The van der Waals surface area contributed by atoms with Gasteiger partial charge in [0, 0.05) is 29.8 Å². The van der Waals surface area contributed by atoms with Gasteiger partial charge in [0.1, 0.15) is 5.82 Å². The van der Waals surface area contributed by atoms with Crippen molar-refractivity contribution in [1.82, 2.24) is 20.1 Å². The predicted octanol–water partition coefficient (Wildman–Crippen LogP) is 6.26.